The largest absolute Gasteiger partial charge is 0.397 e. The molecule has 12 heavy (non-hydrogen) atoms. The maximum absolute atomic E-state index is 13.1. The lowest BCUT2D eigenvalue weighted by molar-refractivity contribution is 0.642. The molecule has 0 aliphatic rings. The molecule has 0 spiro atoms. The van der Waals surface area contributed by atoms with Crippen molar-refractivity contribution in [3.05, 3.63) is 28.9 Å². The predicted octanol–water partition coefficient (Wildman–Crippen LogP) is 2.93. The van der Waals surface area contributed by atoms with Crippen molar-refractivity contribution < 1.29 is 4.39 Å². The quantitative estimate of drug-likeness (QED) is 0.664. The maximum Gasteiger partial charge on any atom is 0.141 e. The topological polar surface area (TPSA) is 26.0 Å². The summed E-state index contributed by atoms with van der Waals surface area (Å²) in [5.74, 6) is -0.183. The molecule has 1 aromatic carbocycles. The van der Waals surface area contributed by atoms with Crippen LogP contribution in [0.25, 0.3) is 10.1 Å². The first kappa shape index (κ1) is 7.55. The van der Waals surface area contributed by atoms with E-state index in [9.17, 15) is 4.39 Å². The Morgan fingerprint density at radius 3 is 2.83 bits per heavy atom. The number of thiophene rings is 1. The van der Waals surface area contributed by atoms with Crippen molar-refractivity contribution in [3.8, 4) is 0 Å². The van der Waals surface area contributed by atoms with E-state index in [1.165, 1.54) is 17.4 Å². The second-order valence-electron chi connectivity index (χ2n) is 2.69. The molecule has 0 atom stereocenters. The molecule has 0 saturated carbocycles. The van der Waals surface area contributed by atoms with Crippen LogP contribution in [0.15, 0.2) is 18.2 Å². The number of fused-ring (bicyclic) bond motifs is 1. The molecule has 1 nitrogen and oxygen atoms in total. The molecule has 0 unspecified atom stereocenters. The number of benzene rings is 1. The fraction of sp³-hybridized carbons (Fsp3) is 0.111. The molecule has 0 fully saturated rings. The average molecular weight is 181 g/mol. The van der Waals surface area contributed by atoms with Crippen LogP contribution in [0.3, 0.4) is 0 Å². The zero-order valence-electron chi connectivity index (χ0n) is 6.60. The van der Waals surface area contributed by atoms with E-state index in [0.29, 0.717) is 10.4 Å². The minimum absolute atomic E-state index is 0.183. The number of nitrogens with two attached hydrogens (primary N) is 1. The number of rotatable bonds is 0. The fourth-order valence-corrected chi connectivity index (χ4v) is 2.20. The van der Waals surface area contributed by atoms with Crippen LogP contribution in [-0.4, -0.2) is 0 Å². The number of anilines is 1. The van der Waals surface area contributed by atoms with Crippen LogP contribution in [0.2, 0.25) is 0 Å². The van der Waals surface area contributed by atoms with Gasteiger partial charge in [-0.3, -0.25) is 0 Å². The molecule has 2 rings (SSSR count). The van der Waals surface area contributed by atoms with Crippen molar-refractivity contribution in [1.29, 1.82) is 0 Å². The van der Waals surface area contributed by atoms with E-state index in [-0.39, 0.29) is 5.82 Å². The third-order valence-electron chi connectivity index (χ3n) is 1.89. The molecule has 0 bridgehead atoms. The minimum Gasteiger partial charge on any atom is -0.397 e. The van der Waals surface area contributed by atoms with Crippen LogP contribution in [0, 0.1) is 12.7 Å². The number of aryl methyl sites for hydroxylation is 1. The summed E-state index contributed by atoms with van der Waals surface area (Å²) in [5, 5.41) is 0.831. The molecule has 0 aliphatic carbocycles. The first-order valence-electron chi connectivity index (χ1n) is 3.63. The van der Waals surface area contributed by atoms with Gasteiger partial charge in [0, 0.05) is 10.3 Å². The summed E-state index contributed by atoms with van der Waals surface area (Å²) in [5.41, 5.74) is 6.45. The van der Waals surface area contributed by atoms with Crippen LogP contribution in [0.4, 0.5) is 10.1 Å². The Balaban J connectivity index is 2.95. The Morgan fingerprint density at radius 1 is 1.42 bits per heavy atom. The summed E-state index contributed by atoms with van der Waals surface area (Å²) < 4.78 is 13.8. The highest BCUT2D eigenvalue weighted by Crippen LogP contribution is 2.34. The zero-order chi connectivity index (χ0) is 8.72. The normalized spacial score (nSPS) is 10.8. The number of halogens is 1. The van der Waals surface area contributed by atoms with Crippen molar-refractivity contribution in [1.82, 2.24) is 0 Å². The van der Waals surface area contributed by atoms with Gasteiger partial charge in [-0.1, -0.05) is 12.1 Å². The highest BCUT2D eigenvalue weighted by atomic mass is 32.1. The number of hydrogen-bond donors (Lipinski definition) is 1. The van der Waals surface area contributed by atoms with Gasteiger partial charge in [0.1, 0.15) is 5.82 Å². The summed E-state index contributed by atoms with van der Waals surface area (Å²) in [6.45, 7) is 1.90. The van der Waals surface area contributed by atoms with Crippen LogP contribution >= 0.6 is 11.3 Å². The summed E-state index contributed by atoms with van der Waals surface area (Å²) in [6, 6.07) is 4.98. The number of nitrogen functional groups attached to an aromatic ring is 1. The molecule has 2 aromatic rings. The maximum atomic E-state index is 13.1. The van der Waals surface area contributed by atoms with Gasteiger partial charge in [0.25, 0.3) is 0 Å². The summed E-state index contributed by atoms with van der Waals surface area (Å²) >= 11 is 1.41. The van der Waals surface area contributed by atoms with Crippen LogP contribution in [0.1, 0.15) is 4.88 Å². The molecule has 0 amide bonds. The molecule has 1 heterocycles. The molecule has 2 N–H and O–H groups in total. The van der Waals surface area contributed by atoms with Gasteiger partial charge in [-0.25, -0.2) is 4.39 Å². The smallest absolute Gasteiger partial charge is 0.141 e. The summed E-state index contributed by atoms with van der Waals surface area (Å²) in [6.07, 6.45) is 0. The second-order valence-corrected chi connectivity index (χ2v) is 3.91. The third-order valence-corrected chi connectivity index (χ3v) is 3.04. The van der Waals surface area contributed by atoms with Crippen LogP contribution in [0.5, 0.6) is 0 Å². The lowest BCUT2D eigenvalue weighted by Crippen LogP contribution is -1.83. The van der Waals surface area contributed by atoms with E-state index < -0.39 is 0 Å². The average Bonchev–Trinajstić information content (AvgIpc) is 2.32. The van der Waals surface area contributed by atoms with Gasteiger partial charge in [-0.2, -0.15) is 0 Å². The standard InChI is InChI=1S/C9H8FNS/c1-5-8(11)6-3-2-4-7(10)9(6)12-5/h2-4H,11H2,1H3. The van der Waals surface area contributed by atoms with Gasteiger partial charge in [0.05, 0.1) is 10.4 Å². The summed E-state index contributed by atoms with van der Waals surface area (Å²) in [4.78, 5) is 0.982. The van der Waals surface area contributed by atoms with Gasteiger partial charge < -0.3 is 5.73 Å². The Morgan fingerprint density at radius 2 is 2.17 bits per heavy atom. The second kappa shape index (κ2) is 2.45. The van der Waals surface area contributed by atoms with Gasteiger partial charge in [-0.05, 0) is 13.0 Å². The van der Waals surface area contributed by atoms with Crippen LogP contribution < -0.4 is 5.73 Å². The highest BCUT2D eigenvalue weighted by molar-refractivity contribution is 7.19. The molecule has 62 valence electrons. The first-order chi connectivity index (χ1) is 5.70. The monoisotopic (exact) mass is 181 g/mol. The molecule has 1 aromatic heterocycles. The van der Waals surface area contributed by atoms with E-state index in [0.717, 1.165) is 10.3 Å². The Bertz CT molecular complexity index is 433. The zero-order valence-corrected chi connectivity index (χ0v) is 7.41. The summed E-state index contributed by atoms with van der Waals surface area (Å²) in [7, 11) is 0. The predicted molar refractivity (Wildman–Crippen MR) is 50.9 cm³/mol. The van der Waals surface area contributed by atoms with Crippen molar-refractivity contribution in [2.75, 3.05) is 5.73 Å². The van der Waals surface area contributed by atoms with E-state index >= 15 is 0 Å². The lowest BCUT2D eigenvalue weighted by Gasteiger charge is -1.91. The van der Waals surface area contributed by atoms with Gasteiger partial charge in [0.15, 0.2) is 0 Å². The molecular weight excluding hydrogens is 173 g/mol. The molecule has 0 aliphatic heterocycles. The van der Waals surface area contributed by atoms with Crippen molar-refractivity contribution in [2.45, 2.75) is 6.92 Å². The molecular formula is C9H8FNS. The fourth-order valence-electron chi connectivity index (χ4n) is 1.22. The molecule has 3 heteroatoms. The van der Waals surface area contributed by atoms with E-state index in [4.69, 9.17) is 5.73 Å². The van der Waals surface area contributed by atoms with E-state index in [2.05, 4.69) is 0 Å². The van der Waals surface area contributed by atoms with Crippen molar-refractivity contribution in [3.63, 3.8) is 0 Å². The van der Waals surface area contributed by atoms with Gasteiger partial charge in [-0.15, -0.1) is 11.3 Å². The SMILES string of the molecule is Cc1sc2c(F)cccc2c1N. The van der Waals surface area contributed by atoms with Crippen LogP contribution in [-0.2, 0) is 0 Å². The Kier molecular flexibility index (Phi) is 1.54. The molecule has 0 saturated heterocycles. The third kappa shape index (κ3) is 0.898. The van der Waals surface area contributed by atoms with E-state index in [1.54, 1.807) is 6.07 Å². The lowest BCUT2D eigenvalue weighted by atomic mass is 10.2. The number of hydrogen-bond acceptors (Lipinski definition) is 2. The first-order valence-corrected chi connectivity index (χ1v) is 4.45. The van der Waals surface area contributed by atoms with Gasteiger partial charge >= 0.3 is 0 Å². The van der Waals surface area contributed by atoms with Gasteiger partial charge in [0.2, 0.25) is 0 Å². The Hall–Kier alpha value is -1.09. The highest BCUT2D eigenvalue weighted by Gasteiger charge is 2.08. The van der Waals surface area contributed by atoms with E-state index in [1.807, 2.05) is 13.0 Å². The van der Waals surface area contributed by atoms with Crippen molar-refractivity contribution in [2.24, 2.45) is 0 Å². The van der Waals surface area contributed by atoms with Crippen molar-refractivity contribution >= 4 is 27.1 Å². The minimum atomic E-state index is -0.183. The molecule has 0 radical (unpaired) electrons. The Labute approximate surface area is 73.6 Å².